The van der Waals surface area contributed by atoms with E-state index in [1.807, 2.05) is 6.92 Å². The number of pyridine rings is 1. The van der Waals surface area contributed by atoms with Crippen molar-refractivity contribution in [3.05, 3.63) is 33.7 Å². The fourth-order valence-electron chi connectivity index (χ4n) is 0.586. The monoisotopic (exact) mass is 196 g/mol. The summed E-state index contributed by atoms with van der Waals surface area (Å²) < 4.78 is 0.944. The smallest absolute Gasteiger partial charge is 0.269 e. The lowest BCUT2D eigenvalue weighted by Crippen LogP contribution is -1.76. The summed E-state index contributed by atoms with van der Waals surface area (Å²) in [5, 5.41) is 0. The maximum absolute atomic E-state index is 6.66. The molecule has 1 rings (SSSR count). The van der Waals surface area contributed by atoms with Crippen molar-refractivity contribution >= 4 is 21.7 Å². The predicted molar refractivity (Wildman–Crippen MR) is 42.9 cm³/mol. The number of rotatable bonds is 0. The molecule has 1 aromatic rings. The van der Waals surface area contributed by atoms with E-state index in [0.29, 0.717) is 5.82 Å². The van der Waals surface area contributed by atoms with Crippen LogP contribution in [-0.2, 0) is 0 Å². The van der Waals surface area contributed by atoms with Crippen LogP contribution < -0.4 is 0 Å². The highest BCUT2D eigenvalue weighted by Crippen LogP contribution is 2.18. The molecule has 0 aromatic carbocycles. The summed E-state index contributed by atoms with van der Waals surface area (Å²) >= 11 is 3.29. The number of aryl methyl sites for hydroxylation is 1. The van der Waals surface area contributed by atoms with Crippen molar-refractivity contribution in [3.8, 4) is 0 Å². The highest BCUT2D eigenvalue weighted by molar-refractivity contribution is 9.10. The first-order chi connectivity index (χ1) is 4.74. The highest BCUT2D eigenvalue weighted by atomic mass is 79.9. The molecule has 0 saturated carbocycles. The van der Waals surface area contributed by atoms with Gasteiger partial charge in [0, 0.05) is 0 Å². The molecule has 0 aliphatic rings. The van der Waals surface area contributed by atoms with Crippen LogP contribution in [0.15, 0.2) is 16.7 Å². The van der Waals surface area contributed by atoms with E-state index >= 15 is 0 Å². The van der Waals surface area contributed by atoms with E-state index in [4.69, 9.17) is 6.57 Å². The van der Waals surface area contributed by atoms with Gasteiger partial charge in [0.2, 0.25) is 0 Å². The summed E-state index contributed by atoms with van der Waals surface area (Å²) in [6, 6.07) is 1.75. The van der Waals surface area contributed by atoms with Crippen LogP contribution in [0.4, 0.5) is 5.82 Å². The standard InChI is InChI=1S/C7H5BrN2/c1-5-3-7(9-2)10-4-6(5)8/h3-4H,1H3. The molecule has 1 heterocycles. The van der Waals surface area contributed by atoms with Gasteiger partial charge in [-0.05, 0) is 34.5 Å². The fourth-order valence-corrected chi connectivity index (χ4v) is 0.802. The predicted octanol–water partition coefficient (Wildman–Crippen LogP) is 2.70. The molecule has 0 fully saturated rings. The molecule has 50 valence electrons. The fraction of sp³-hybridized carbons (Fsp3) is 0.143. The van der Waals surface area contributed by atoms with E-state index in [1.54, 1.807) is 12.3 Å². The molecule has 0 unspecified atom stereocenters. The molecule has 0 aliphatic heterocycles. The van der Waals surface area contributed by atoms with Crippen molar-refractivity contribution in [1.29, 1.82) is 0 Å². The summed E-state index contributed by atoms with van der Waals surface area (Å²) in [4.78, 5) is 7.05. The third-order valence-electron chi connectivity index (χ3n) is 1.15. The summed E-state index contributed by atoms with van der Waals surface area (Å²) in [5.41, 5.74) is 1.04. The van der Waals surface area contributed by atoms with Gasteiger partial charge in [0.1, 0.15) is 6.20 Å². The lowest BCUT2D eigenvalue weighted by molar-refractivity contribution is 1.28. The van der Waals surface area contributed by atoms with Gasteiger partial charge in [-0.15, -0.1) is 4.98 Å². The molecule has 0 N–H and O–H groups in total. The average Bonchev–Trinajstić information content (AvgIpc) is 1.95. The molecule has 10 heavy (non-hydrogen) atoms. The van der Waals surface area contributed by atoms with Gasteiger partial charge >= 0.3 is 0 Å². The van der Waals surface area contributed by atoms with Crippen LogP contribution in [0.3, 0.4) is 0 Å². The number of aromatic nitrogens is 1. The van der Waals surface area contributed by atoms with Crippen LogP contribution in [0.25, 0.3) is 4.85 Å². The third kappa shape index (κ3) is 1.34. The molecule has 0 amide bonds. The topological polar surface area (TPSA) is 17.2 Å². The zero-order valence-corrected chi connectivity index (χ0v) is 7.01. The summed E-state index contributed by atoms with van der Waals surface area (Å²) in [6.07, 6.45) is 1.64. The Labute approximate surface area is 67.9 Å². The Morgan fingerprint density at radius 1 is 1.70 bits per heavy atom. The first-order valence-corrected chi connectivity index (χ1v) is 3.53. The Morgan fingerprint density at radius 3 is 2.90 bits per heavy atom. The molecule has 0 saturated heterocycles. The minimum atomic E-state index is 0.445. The second-order valence-electron chi connectivity index (χ2n) is 1.90. The summed E-state index contributed by atoms with van der Waals surface area (Å²) in [6.45, 7) is 8.59. The second kappa shape index (κ2) is 2.80. The van der Waals surface area contributed by atoms with Gasteiger partial charge in [-0.1, -0.05) is 6.57 Å². The second-order valence-corrected chi connectivity index (χ2v) is 2.76. The van der Waals surface area contributed by atoms with Gasteiger partial charge < -0.3 is 4.85 Å². The van der Waals surface area contributed by atoms with E-state index in [-0.39, 0.29) is 0 Å². The first kappa shape index (κ1) is 7.23. The number of halogens is 1. The van der Waals surface area contributed by atoms with Crippen molar-refractivity contribution in [2.75, 3.05) is 0 Å². The van der Waals surface area contributed by atoms with Crippen LogP contribution in [-0.4, -0.2) is 4.98 Å². The van der Waals surface area contributed by atoms with E-state index in [9.17, 15) is 0 Å². The summed E-state index contributed by atoms with van der Waals surface area (Å²) in [5.74, 6) is 0.445. The van der Waals surface area contributed by atoms with Gasteiger partial charge in [-0.25, -0.2) is 0 Å². The quantitative estimate of drug-likeness (QED) is 0.584. The van der Waals surface area contributed by atoms with Crippen LogP contribution >= 0.6 is 15.9 Å². The largest absolute Gasteiger partial charge is 0.361 e. The normalized spacial score (nSPS) is 8.90. The maximum Gasteiger partial charge on any atom is 0.269 e. The van der Waals surface area contributed by atoms with Crippen molar-refractivity contribution in [2.45, 2.75) is 6.92 Å². The number of nitrogens with zero attached hydrogens (tertiary/aromatic N) is 2. The van der Waals surface area contributed by atoms with E-state index < -0.39 is 0 Å². The van der Waals surface area contributed by atoms with Crippen molar-refractivity contribution in [3.63, 3.8) is 0 Å². The highest BCUT2D eigenvalue weighted by Gasteiger charge is 1.97. The Bertz CT molecular complexity index is 288. The molecular formula is C7H5BrN2. The van der Waals surface area contributed by atoms with Crippen molar-refractivity contribution in [1.82, 2.24) is 4.98 Å². The van der Waals surface area contributed by atoms with Gasteiger partial charge in [0.15, 0.2) is 0 Å². The van der Waals surface area contributed by atoms with Gasteiger partial charge in [-0.3, -0.25) is 0 Å². The molecule has 3 heteroatoms. The molecular weight excluding hydrogens is 192 g/mol. The Kier molecular flexibility index (Phi) is 2.03. The minimum Gasteiger partial charge on any atom is -0.361 e. The van der Waals surface area contributed by atoms with Gasteiger partial charge in [0.25, 0.3) is 5.82 Å². The molecule has 0 atom stereocenters. The average molecular weight is 197 g/mol. The van der Waals surface area contributed by atoms with Crippen LogP contribution in [0.1, 0.15) is 5.56 Å². The zero-order chi connectivity index (χ0) is 7.56. The third-order valence-corrected chi connectivity index (χ3v) is 1.98. The summed E-state index contributed by atoms with van der Waals surface area (Å²) in [7, 11) is 0. The Balaban J connectivity index is 3.20. The number of hydrogen-bond donors (Lipinski definition) is 0. The SMILES string of the molecule is [C-]#[N+]c1cc(C)c(Br)cn1. The van der Waals surface area contributed by atoms with E-state index in [0.717, 1.165) is 10.0 Å². The molecule has 0 radical (unpaired) electrons. The van der Waals surface area contributed by atoms with E-state index in [1.165, 1.54) is 0 Å². The maximum atomic E-state index is 6.66. The first-order valence-electron chi connectivity index (χ1n) is 2.73. The number of hydrogen-bond acceptors (Lipinski definition) is 1. The van der Waals surface area contributed by atoms with E-state index in [2.05, 4.69) is 25.8 Å². The Hall–Kier alpha value is -0.880. The lowest BCUT2D eigenvalue weighted by atomic mass is 10.3. The van der Waals surface area contributed by atoms with Crippen molar-refractivity contribution < 1.29 is 0 Å². The molecule has 2 nitrogen and oxygen atoms in total. The van der Waals surface area contributed by atoms with Crippen molar-refractivity contribution in [2.24, 2.45) is 0 Å². The lowest BCUT2D eigenvalue weighted by Gasteiger charge is -1.93. The van der Waals surface area contributed by atoms with Gasteiger partial charge in [0.05, 0.1) is 4.47 Å². The molecule has 0 spiro atoms. The van der Waals surface area contributed by atoms with Crippen LogP contribution in [0, 0.1) is 13.5 Å². The minimum absolute atomic E-state index is 0.445. The molecule has 0 aliphatic carbocycles. The van der Waals surface area contributed by atoms with Crippen LogP contribution in [0.2, 0.25) is 0 Å². The van der Waals surface area contributed by atoms with Crippen LogP contribution in [0.5, 0.6) is 0 Å². The molecule has 0 bridgehead atoms. The Morgan fingerprint density at radius 2 is 2.40 bits per heavy atom. The van der Waals surface area contributed by atoms with Gasteiger partial charge in [-0.2, -0.15) is 0 Å². The molecule has 1 aromatic heterocycles. The zero-order valence-electron chi connectivity index (χ0n) is 5.43.